The molecule has 66 valence electrons. The molecule has 0 aliphatic carbocycles. The van der Waals surface area contributed by atoms with Crippen LogP contribution in [0.5, 0.6) is 0 Å². The Labute approximate surface area is 66.0 Å². The minimum atomic E-state index is -0.268. The summed E-state index contributed by atoms with van der Waals surface area (Å²) >= 11 is 0. The molecule has 5 heteroatoms. The molecule has 0 aliphatic heterocycles. The fourth-order valence-corrected chi connectivity index (χ4v) is 0.621. The second-order valence-corrected chi connectivity index (χ2v) is 2.04. The van der Waals surface area contributed by atoms with Crippen molar-refractivity contribution < 1.29 is 4.39 Å². The molecule has 11 heavy (non-hydrogen) atoms. The summed E-state index contributed by atoms with van der Waals surface area (Å²) in [4.78, 5) is 3.78. The Bertz CT molecular complexity index is 115. The number of nitrogens with one attached hydrogen (secondary N) is 2. The third-order valence-electron chi connectivity index (χ3n) is 1.21. The van der Waals surface area contributed by atoms with Crippen molar-refractivity contribution in [2.45, 2.75) is 12.8 Å². The second kappa shape index (κ2) is 7.27. The number of hydrogen-bond donors (Lipinski definition) is 3. The fourth-order valence-electron chi connectivity index (χ4n) is 0.621. The first-order valence-electron chi connectivity index (χ1n) is 3.58. The first-order chi connectivity index (χ1) is 5.35. The predicted octanol–water partition coefficient (Wildman–Crippen LogP) is -0.225. The van der Waals surface area contributed by atoms with E-state index in [1.54, 1.807) is 7.05 Å². The lowest BCUT2D eigenvalue weighted by molar-refractivity contribution is 0.461. The highest BCUT2D eigenvalue weighted by molar-refractivity contribution is 5.78. The minimum Gasteiger partial charge on any atom is -0.355 e. The molecule has 0 unspecified atom stereocenters. The van der Waals surface area contributed by atoms with E-state index in [4.69, 9.17) is 5.84 Å². The third kappa shape index (κ3) is 5.60. The Balaban J connectivity index is 3.22. The van der Waals surface area contributed by atoms with E-state index >= 15 is 0 Å². The maximum absolute atomic E-state index is 11.6. The van der Waals surface area contributed by atoms with Gasteiger partial charge in [0.15, 0.2) is 0 Å². The summed E-state index contributed by atoms with van der Waals surface area (Å²) in [7, 11) is 1.62. The quantitative estimate of drug-likeness (QED) is 0.176. The SMILES string of the molecule is CN=C(NN)NCCCCF. The molecule has 0 radical (unpaired) electrons. The maximum atomic E-state index is 11.6. The van der Waals surface area contributed by atoms with Crippen LogP contribution in [-0.2, 0) is 0 Å². The van der Waals surface area contributed by atoms with Gasteiger partial charge >= 0.3 is 0 Å². The van der Waals surface area contributed by atoms with Crippen molar-refractivity contribution in [1.29, 1.82) is 0 Å². The van der Waals surface area contributed by atoms with Crippen LogP contribution in [0.15, 0.2) is 4.99 Å². The van der Waals surface area contributed by atoms with Gasteiger partial charge in [-0.1, -0.05) is 0 Å². The minimum absolute atomic E-state index is 0.268. The summed E-state index contributed by atoms with van der Waals surface area (Å²) in [5.74, 6) is 5.61. The molecule has 0 spiro atoms. The van der Waals surface area contributed by atoms with Gasteiger partial charge in [-0.15, -0.1) is 0 Å². The van der Waals surface area contributed by atoms with Crippen LogP contribution < -0.4 is 16.6 Å². The number of alkyl halides is 1. The zero-order valence-electron chi connectivity index (χ0n) is 6.73. The zero-order valence-corrected chi connectivity index (χ0v) is 6.73. The highest BCUT2D eigenvalue weighted by atomic mass is 19.1. The molecular formula is C6H15FN4. The molecule has 0 aliphatic rings. The summed E-state index contributed by atoms with van der Waals surface area (Å²) in [6, 6.07) is 0. The van der Waals surface area contributed by atoms with Crippen LogP contribution in [0, 0.1) is 0 Å². The van der Waals surface area contributed by atoms with Gasteiger partial charge in [-0.05, 0) is 12.8 Å². The fraction of sp³-hybridized carbons (Fsp3) is 0.833. The lowest BCUT2D eigenvalue weighted by Crippen LogP contribution is -2.41. The number of unbranched alkanes of at least 4 members (excludes halogenated alkanes) is 1. The van der Waals surface area contributed by atoms with Crippen molar-refractivity contribution in [2.24, 2.45) is 10.8 Å². The van der Waals surface area contributed by atoms with Crippen LogP contribution in [0.2, 0.25) is 0 Å². The Morgan fingerprint density at radius 1 is 1.55 bits per heavy atom. The van der Waals surface area contributed by atoms with Gasteiger partial charge in [0, 0.05) is 13.6 Å². The monoisotopic (exact) mass is 162 g/mol. The summed E-state index contributed by atoms with van der Waals surface area (Å²) < 4.78 is 11.6. The van der Waals surface area contributed by atoms with Crippen LogP contribution in [0.3, 0.4) is 0 Å². The van der Waals surface area contributed by atoms with Crippen LogP contribution in [0.1, 0.15) is 12.8 Å². The Morgan fingerprint density at radius 3 is 2.73 bits per heavy atom. The molecule has 0 aromatic carbocycles. The summed E-state index contributed by atoms with van der Waals surface area (Å²) in [6.45, 7) is 0.428. The smallest absolute Gasteiger partial charge is 0.205 e. The predicted molar refractivity (Wildman–Crippen MR) is 43.9 cm³/mol. The van der Waals surface area contributed by atoms with Crippen molar-refractivity contribution in [3.63, 3.8) is 0 Å². The standard InChI is InChI=1S/C6H15FN4/c1-9-6(11-8)10-5-3-2-4-7/h2-5,8H2,1H3,(H2,9,10,11). The molecule has 0 saturated heterocycles. The van der Waals surface area contributed by atoms with Gasteiger partial charge in [-0.25, -0.2) is 5.84 Å². The van der Waals surface area contributed by atoms with E-state index in [-0.39, 0.29) is 6.67 Å². The van der Waals surface area contributed by atoms with E-state index in [2.05, 4.69) is 15.7 Å². The number of guanidine groups is 1. The number of aliphatic imine (C=N–C) groups is 1. The number of nitrogens with two attached hydrogens (primary N) is 1. The Kier molecular flexibility index (Phi) is 6.71. The molecule has 0 amide bonds. The maximum Gasteiger partial charge on any atom is 0.205 e. The largest absolute Gasteiger partial charge is 0.355 e. The van der Waals surface area contributed by atoms with Crippen molar-refractivity contribution in [1.82, 2.24) is 10.7 Å². The van der Waals surface area contributed by atoms with E-state index in [9.17, 15) is 4.39 Å². The van der Waals surface area contributed by atoms with Crippen molar-refractivity contribution in [2.75, 3.05) is 20.3 Å². The van der Waals surface area contributed by atoms with Gasteiger partial charge in [0.1, 0.15) is 0 Å². The first-order valence-corrected chi connectivity index (χ1v) is 3.58. The van der Waals surface area contributed by atoms with Crippen LogP contribution >= 0.6 is 0 Å². The molecule has 0 rings (SSSR count). The van der Waals surface area contributed by atoms with Gasteiger partial charge < -0.3 is 5.32 Å². The number of nitrogens with zero attached hydrogens (tertiary/aromatic N) is 1. The molecule has 4 nitrogen and oxygen atoms in total. The van der Waals surface area contributed by atoms with Crippen LogP contribution in [0.25, 0.3) is 0 Å². The van der Waals surface area contributed by atoms with Crippen LogP contribution in [0.4, 0.5) is 4.39 Å². The van der Waals surface area contributed by atoms with Gasteiger partial charge in [-0.3, -0.25) is 14.8 Å². The van der Waals surface area contributed by atoms with Crippen LogP contribution in [-0.4, -0.2) is 26.2 Å². The number of halogens is 1. The molecule has 0 fully saturated rings. The molecule has 0 aromatic rings. The van der Waals surface area contributed by atoms with E-state index in [0.29, 0.717) is 18.9 Å². The topological polar surface area (TPSA) is 62.4 Å². The highest BCUT2D eigenvalue weighted by Gasteiger charge is 1.91. The average Bonchev–Trinajstić information content (AvgIpc) is 2.05. The third-order valence-corrected chi connectivity index (χ3v) is 1.21. The lowest BCUT2D eigenvalue weighted by Gasteiger charge is -2.06. The average molecular weight is 162 g/mol. The van der Waals surface area contributed by atoms with Gasteiger partial charge in [-0.2, -0.15) is 0 Å². The summed E-state index contributed by atoms with van der Waals surface area (Å²) in [5, 5.41) is 2.90. The number of rotatable bonds is 4. The molecule has 4 N–H and O–H groups in total. The Morgan fingerprint density at radius 2 is 2.27 bits per heavy atom. The first kappa shape index (κ1) is 10.2. The molecular weight excluding hydrogens is 147 g/mol. The van der Waals surface area contributed by atoms with E-state index in [1.165, 1.54) is 0 Å². The molecule has 0 heterocycles. The van der Waals surface area contributed by atoms with E-state index < -0.39 is 0 Å². The van der Waals surface area contributed by atoms with Gasteiger partial charge in [0.05, 0.1) is 6.67 Å². The summed E-state index contributed by atoms with van der Waals surface area (Å²) in [6.07, 6.45) is 1.37. The zero-order chi connectivity index (χ0) is 8.53. The lowest BCUT2D eigenvalue weighted by atomic mass is 10.3. The molecule has 0 aromatic heterocycles. The van der Waals surface area contributed by atoms with E-state index in [1.807, 2.05) is 0 Å². The highest BCUT2D eigenvalue weighted by Crippen LogP contribution is 1.85. The molecule has 0 atom stereocenters. The number of hydrazine groups is 1. The summed E-state index contributed by atoms with van der Waals surface area (Å²) in [5.41, 5.74) is 2.37. The van der Waals surface area contributed by atoms with Gasteiger partial charge in [0.25, 0.3) is 0 Å². The number of hydrogen-bond acceptors (Lipinski definition) is 2. The van der Waals surface area contributed by atoms with E-state index in [0.717, 1.165) is 6.42 Å². The second-order valence-electron chi connectivity index (χ2n) is 2.04. The van der Waals surface area contributed by atoms with Crippen molar-refractivity contribution >= 4 is 5.96 Å². The molecule has 0 bridgehead atoms. The van der Waals surface area contributed by atoms with Gasteiger partial charge in [0.2, 0.25) is 5.96 Å². The Hall–Kier alpha value is -0.840. The molecule has 0 saturated carbocycles. The van der Waals surface area contributed by atoms with Crippen molar-refractivity contribution in [3.05, 3.63) is 0 Å². The normalized spacial score (nSPS) is 11.4. The van der Waals surface area contributed by atoms with Crippen molar-refractivity contribution in [3.8, 4) is 0 Å².